The van der Waals surface area contributed by atoms with Crippen LogP contribution in [-0.2, 0) is 6.16 Å². The van der Waals surface area contributed by atoms with E-state index in [1.807, 2.05) is 18.2 Å². The molecule has 0 fully saturated rings. The summed E-state index contributed by atoms with van der Waals surface area (Å²) in [5, 5.41) is 9.48. The standard InChI is InChI=1S/C7H6I3OP/c8-12(9,10)5-6-3-1-2-4-7(6)11/h1-4H,5H2/p+1. The Hall–Kier alpha value is 1.64. The van der Waals surface area contributed by atoms with Crippen LogP contribution in [0.25, 0.3) is 0 Å². The van der Waals surface area contributed by atoms with E-state index in [1.54, 1.807) is 6.07 Å². The van der Waals surface area contributed by atoms with Crippen molar-refractivity contribution in [3.05, 3.63) is 29.8 Å². The molecule has 0 atom stereocenters. The predicted octanol–water partition coefficient (Wildman–Crippen LogP) is 4.96. The Bertz CT molecular complexity index is 272. The average molecular weight is 519 g/mol. The van der Waals surface area contributed by atoms with E-state index in [-0.39, 0.29) is 0 Å². The van der Waals surface area contributed by atoms with Crippen LogP contribution in [0.4, 0.5) is 0 Å². The van der Waals surface area contributed by atoms with Crippen LogP contribution < -0.4 is 0 Å². The van der Waals surface area contributed by atoms with Crippen LogP contribution in [0.15, 0.2) is 24.3 Å². The Labute approximate surface area is 111 Å². The van der Waals surface area contributed by atoms with Gasteiger partial charge in [0.1, 0.15) is 11.9 Å². The topological polar surface area (TPSA) is 20.2 Å². The maximum atomic E-state index is 9.48. The van der Waals surface area contributed by atoms with Gasteiger partial charge in [0.2, 0.25) is 0.190 Å². The predicted molar refractivity (Wildman–Crippen MR) is 80.8 cm³/mol. The van der Waals surface area contributed by atoms with Crippen molar-refractivity contribution < 1.29 is 5.11 Å². The monoisotopic (exact) mass is 519 g/mol. The maximum Gasteiger partial charge on any atom is 0.200 e. The van der Waals surface area contributed by atoms with Crippen LogP contribution in [0.3, 0.4) is 0 Å². The molecule has 1 rings (SSSR count). The molecular weight excluding hydrogens is 512 g/mol. The lowest BCUT2D eigenvalue weighted by Crippen LogP contribution is -1.80. The highest BCUT2D eigenvalue weighted by molar-refractivity contribution is 14.4. The molecule has 0 aliphatic rings. The molecular formula is C7H7I3OP+. The lowest BCUT2D eigenvalue weighted by molar-refractivity contribution is 0.470. The number of phenolic OH excluding ortho intramolecular Hbond substituents is 1. The van der Waals surface area contributed by atoms with E-state index < -0.39 is 0.190 Å². The van der Waals surface area contributed by atoms with Crippen molar-refractivity contribution in [3.8, 4) is 5.75 Å². The van der Waals surface area contributed by atoms with Gasteiger partial charge in [-0.1, -0.05) is 18.2 Å². The van der Waals surface area contributed by atoms with Gasteiger partial charge in [-0.25, -0.2) is 0 Å². The summed E-state index contributed by atoms with van der Waals surface area (Å²) < 4.78 is -0.915. The van der Waals surface area contributed by atoms with Crippen molar-refractivity contribution in [3.63, 3.8) is 0 Å². The zero-order valence-corrected chi connectivity index (χ0v) is 13.4. The fraction of sp³-hybridized carbons (Fsp3) is 0.143. The van der Waals surface area contributed by atoms with E-state index in [9.17, 15) is 5.11 Å². The van der Waals surface area contributed by atoms with Gasteiger partial charge >= 0.3 is 0 Å². The quantitative estimate of drug-likeness (QED) is 0.433. The SMILES string of the molecule is Oc1ccccc1C[P+](I)(I)I. The van der Waals surface area contributed by atoms with Gasteiger partial charge in [0.25, 0.3) is 0 Å². The molecule has 0 aliphatic heterocycles. The van der Waals surface area contributed by atoms with Crippen LogP contribution in [0.5, 0.6) is 5.75 Å². The number of aromatic hydroxyl groups is 1. The Kier molecular flexibility index (Phi) is 4.81. The Balaban J connectivity index is 2.83. The van der Waals surface area contributed by atoms with Crippen LogP contribution in [0.1, 0.15) is 5.56 Å². The van der Waals surface area contributed by atoms with Gasteiger partial charge in [0.15, 0.2) is 66.1 Å². The summed E-state index contributed by atoms with van der Waals surface area (Å²) in [6.45, 7) is 0. The summed E-state index contributed by atoms with van der Waals surface area (Å²) in [5.74, 6) is 0.423. The molecule has 1 aromatic carbocycles. The molecule has 1 nitrogen and oxygen atoms in total. The smallest absolute Gasteiger partial charge is 0.200 e. The highest BCUT2D eigenvalue weighted by Crippen LogP contribution is 2.83. The molecule has 1 N–H and O–H groups in total. The normalized spacial score (nSPS) is 11.6. The first-order valence-electron chi connectivity index (χ1n) is 3.23. The number of hydrogen-bond donors (Lipinski definition) is 1. The third-order valence-corrected chi connectivity index (χ3v) is 5.11. The van der Waals surface area contributed by atoms with Gasteiger partial charge in [-0.15, -0.1) is 0 Å². The molecule has 12 heavy (non-hydrogen) atoms. The largest absolute Gasteiger partial charge is 0.508 e. The van der Waals surface area contributed by atoms with Gasteiger partial charge in [-0.2, -0.15) is 0 Å². The third kappa shape index (κ3) is 4.23. The molecule has 1 aromatic rings. The van der Waals surface area contributed by atoms with Gasteiger partial charge in [-0.3, -0.25) is 0 Å². The fourth-order valence-electron chi connectivity index (χ4n) is 0.838. The molecule has 0 bridgehead atoms. The number of rotatable bonds is 2. The summed E-state index contributed by atoms with van der Waals surface area (Å²) in [7, 11) is 0. The van der Waals surface area contributed by atoms with Crippen molar-refractivity contribution in [1.82, 2.24) is 0 Å². The number of phenols is 1. The molecule has 0 heterocycles. The van der Waals surface area contributed by atoms with Gasteiger partial charge in [0.05, 0.1) is 0 Å². The fourth-order valence-corrected chi connectivity index (χ4v) is 4.80. The summed E-state index contributed by atoms with van der Waals surface area (Å²) in [4.78, 5) is 0. The molecule has 0 radical (unpaired) electrons. The lowest BCUT2D eigenvalue weighted by Gasteiger charge is -2.04. The Morgan fingerprint density at radius 3 is 2.25 bits per heavy atom. The number of halogens is 3. The highest BCUT2D eigenvalue weighted by Gasteiger charge is 2.29. The summed E-state index contributed by atoms with van der Waals surface area (Å²) in [5.41, 5.74) is 1.06. The molecule has 0 saturated heterocycles. The van der Waals surface area contributed by atoms with Crippen LogP contribution in [-0.4, -0.2) is 5.11 Å². The van der Waals surface area contributed by atoms with Gasteiger partial charge in [0, 0.05) is 5.56 Å². The maximum absolute atomic E-state index is 9.48. The minimum absolute atomic E-state index is 0.423. The van der Waals surface area contributed by atoms with Crippen molar-refractivity contribution in [2.24, 2.45) is 0 Å². The average Bonchev–Trinajstić information content (AvgIpc) is 1.91. The van der Waals surface area contributed by atoms with Crippen molar-refractivity contribution in [2.45, 2.75) is 6.16 Å². The van der Waals surface area contributed by atoms with Crippen molar-refractivity contribution in [2.75, 3.05) is 0 Å². The molecule has 0 spiro atoms. The van der Waals surface area contributed by atoms with E-state index in [4.69, 9.17) is 0 Å². The highest BCUT2D eigenvalue weighted by atomic mass is 127. The van der Waals surface area contributed by atoms with E-state index in [0.29, 0.717) is 5.75 Å². The van der Waals surface area contributed by atoms with Crippen LogP contribution in [0.2, 0.25) is 0 Å². The number of hydrogen-bond acceptors (Lipinski definition) is 1. The zero-order valence-electron chi connectivity index (χ0n) is 6.04. The summed E-state index contributed by atoms with van der Waals surface area (Å²) >= 11 is 7.41. The Morgan fingerprint density at radius 2 is 1.75 bits per heavy atom. The molecule has 66 valence electrons. The minimum atomic E-state index is -0.915. The lowest BCUT2D eigenvalue weighted by atomic mass is 10.2. The van der Waals surface area contributed by atoms with Crippen molar-refractivity contribution >= 4 is 66.3 Å². The zero-order chi connectivity index (χ0) is 9.19. The number of para-hydroxylation sites is 1. The third-order valence-electron chi connectivity index (χ3n) is 1.34. The summed E-state index contributed by atoms with van der Waals surface area (Å²) in [6, 6.07) is 7.55. The minimum Gasteiger partial charge on any atom is -0.508 e. The molecule has 0 aliphatic carbocycles. The molecule has 0 amide bonds. The molecule has 0 saturated carbocycles. The van der Waals surface area contributed by atoms with Gasteiger partial charge < -0.3 is 5.11 Å². The second-order valence-electron chi connectivity index (χ2n) is 2.34. The van der Waals surface area contributed by atoms with E-state index in [0.717, 1.165) is 11.7 Å². The Morgan fingerprint density at radius 1 is 1.17 bits per heavy atom. The first-order valence-corrected chi connectivity index (χ1v) is 13.6. The number of benzene rings is 1. The van der Waals surface area contributed by atoms with Gasteiger partial charge in [-0.05, 0) is 6.07 Å². The first kappa shape index (κ1) is 11.7. The molecule has 0 unspecified atom stereocenters. The second kappa shape index (κ2) is 4.93. The van der Waals surface area contributed by atoms with E-state index in [1.165, 1.54) is 0 Å². The first-order chi connectivity index (χ1) is 5.49. The van der Waals surface area contributed by atoms with E-state index in [2.05, 4.69) is 66.1 Å². The molecule has 5 heteroatoms. The van der Waals surface area contributed by atoms with Crippen molar-refractivity contribution in [1.29, 1.82) is 0 Å². The second-order valence-corrected chi connectivity index (χ2v) is 35.2. The summed E-state index contributed by atoms with van der Waals surface area (Å²) in [6.07, 6.45) is 0.987. The van der Waals surface area contributed by atoms with E-state index >= 15 is 0 Å². The van der Waals surface area contributed by atoms with Crippen LogP contribution >= 0.6 is 66.3 Å². The molecule has 0 aromatic heterocycles. The van der Waals surface area contributed by atoms with Crippen LogP contribution in [0, 0.1) is 0 Å².